The molecular formula is C21H23N2O6S. The molecule has 0 spiro atoms. The molecule has 0 saturated carbocycles. The van der Waals surface area contributed by atoms with Crippen LogP contribution in [0, 0.1) is 6.07 Å². The number of carbonyl (C=O) groups excluding carboxylic acids is 2. The molecule has 1 aliphatic heterocycles. The van der Waals surface area contributed by atoms with Crippen molar-refractivity contribution >= 4 is 21.7 Å². The van der Waals surface area contributed by atoms with E-state index in [-0.39, 0.29) is 12.1 Å². The number of benzene rings is 2. The van der Waals surface area contributed by atoms with E-state index in [2.05, 4.69) is 6.07 Å². The number of fused-ring (bicyclic) bond motifs is 1. The summed E-state index contributed by atoms with van der Waals surface area (Å²) in [5.41, 5.74) is 6.62. The molecule has 8 nitrogen and oxygen atoms in total. The average molecular weight is 431 g/mol. The summed E-state index contributed by atoms with van der Waals surface area (Å²) in [5.74, 6) is -0.371. The first kappa shape index (κ1) is 21.6. The second kappa shape index (κ2) is 8.35. The van der Waals surface area contributed by atoms with Crippen molar-refractivity contribution in [3.63, 3.8) is 0 Å². The Hall–Kier alpha value is -3.07. The number of nitrogens with two attached hydrogens (primary N) is 1. The van der Waals surface area contributed by atoms with Gasteiger partial charge in [-0.15, -0.1) is 0 Å². The quantitative estimate of drug-likeness (QED) is 0.680. The normalized spacial score (nSPS) is 16.8. The van der Waals surface area contributed by atoms with E-state index in [4.69, 9.17) is 15.2 Å². The Morgan fingerprint density at radius 3 is 2.63 bits per heavy atom. The van der Waals surface area contributed by atoms with Crippen LogP contribution in [-0.4, -0.2) is 51.6 Å². The van der Waals surface area contributed by atoms with Gasteiger partial charge in [0.2, 0.25) is 5.91 Å². The molecule has 0 fully saturated rings. The molecular weight excluding hydrogens is 408 g/mol. The molecule has 2 aromatic rings. The molecule has 0 aromatic heterocycles. The zero-order valence-corrected chi connectivity index (χ0v) is 17.7. The Morgan fingerprint density at radius 1 is 1.30 bits per heavy atom. The largest absolute Gasteiger partial charge is 0.493 e. The van der Waals surface area contributed by atoms with Crippen molar-refractivity contribution in [2.75, 3.05) is 26.5 Å². The van der Waals surface area contributed by atoms with Crippen molar-refractivity contribution in [2.24, 2.45) is 5.73 Å². The lowest BCUT2D eigenvalue weighted by atomic mass is 10.0. The molecule has 1 heterocycles. The number of hydrogen-bond acceptors (Lipinski definition) is 6. The van der Waals surface area contributed by atoms with Crippen molar-refractivity contribution in [1.29, 1.82) is 0 Å². The molecule has 2 unspecified atom stereocenters. The topological polar surface area (TPSA) is 116 Å². The van der Waals surface area contributed by atoms with Gasteiger partial charge < -0.3 is 20.1 Å². The summed E-state index contributed by atoms with van der Waals surface area (Å²) in [6.07, 6.45) is 1.08. The molecule has 9 heteroatoms. The van der Waals surface area contributed by atoms with Gasteiger partial charge in [-0.3, -0.25) is 9.59 Å². The molecule has 2 N–H and O–H groups in total. The maximum absolute atomic E-state index is 12.9. The Kier molecular flexibility index (Phi) is 6.02. The van der Waals surface area contributed by atoms with E-state index in [0.29, 0.717) is 29.2 Å². The lowest BCUT2D eigenvalue weighted by Crippen LogP contribution is -2.40. The second-order valence-electron chi connectivity index (χ2n) is 6.92. The third-order valence-corrected chi connectivity index (χ3v) is 6.43. The number of ether oxygens (including phenoxy) is 2. The molecule has 0 saturated heterocycles. The Balaban J connectivity index is 2.04. The van der Waals surface area contributed by atoms with Crippen molar-refractivity contribution in [1.82, 2.24) is 4.90 Å². The zero-order valence-electron chi connectivity index (χ0n) is 16.9. The van der Waals surface area contributed by atoms with Crippen LogP contribution in [0.5, 0.6) is 11.5 Å². The smallest absolute Gasteiger partial charge is 0.255 e. The lowest BCUT2D eigenvalue weighted by Gasteiger charge is -2.27. The third-order valence-electron chi connectivity index (χ3n) is 4.98. The molecule has 159 valence electrons. The lowest BCUT2D eigenvalue weighted by molar-refractivity contribution is -0.122. The fourth-order valence-corrected chi connectivity index (χ4v) is 4.69. The van der Waals surface area contributed by atoms with Gasteiger partial charge in [0.25, 0.3) is 5.91 Å². The number of primary amides is 1. The molecule has 2 atom stereocenters. The maximum atomic E-state index is 12.9. The van der Waals surface area contributed by atoms with Crippen LogP contribution in [0.1, 0.15) is 39.7 Å². The van der Waals surface area contributed by atoms with E-state index >= 15 is 0 Å². The highest BCUT2D eigenvalue weighted by atomic mass is 32.2. The number of amides is 2. The van der Waals surface area contributed by atoms with Crippen LogP contribution in [-0.2, 0) is 14.6 Å². The second-order valence-corrected chi connectivity index (χ2v) is 9.15. The number of hydrogen-bond donors (Lipinski definition) is 1. The summed E-state index contributed by atoms with van der Waals surface area (Å²) in [6, 6.07) is 11.4. The summed E-state index contributed by atoms with van der Waals surface area (Å²) >= 11 is 0. The Labute approximate surface area is 175 Å². The van der Waals surface area contributed by atoms with Gasteiger partial charge in [-0.05, 0) is 36.2 Å². The van der Waals surface area contributed by atoms with Crippen LogP contribution in [0.3, 0.4) is 0 Å². The molecule has 0 aliphatic carbocycles. The first-order chi connectivity index (χ1) is 14.2. The minimum atomic E-state index is -3.67. The fraction of sp³-hybridized carbons (Fsp3) is 0.333. The summed E-state index contributed by atoms with van der Waals surface area (Å²) in [6.45, 7) is 1.92. The van der Waals surface area contributed by atoms with Crippen molar-refractivity contribution in [2.45, 2.75) is 18.2 Å². The number of sulfone groups is 1. The van der Waals surface area contributed by atoms with Crippen molar-refractivity contribution in [3.05, 3.63) is 59.2 Å². The zero-order chi connectivity index (χ0) is 22.1. The van der Waals surface area contributed by atoms with E-state index in [1.54, 1.807) is 43.3 Å². The van der Waals surface area contributed by atoms with Gasteiger partial charge >= 0.3 is 0 Å². The molecule has 30 heavy (non-hydrogen) atoms. The molecule has 3 rings (SSSR count). The van der Waals surface area contributed by atoms with Crippen molar-refractivity contribution in [3.8, 4) is 11.5 Å². The average Bonchev–Trinajstić information content (AvgIpc) is 2.97. The summed E-state index contributed by atoms with van der Waals surface area (Å²) < 4.78 is 36.1. The van der Waals surface area contributed by atoms with Crippen molar-refractivity contribution < 1.29 is 27.5 Å². The van der Waals surface area contributed by atoms with Gasteiger partial charge in [-0.2, -0.15) is 0 Å². The molecule has 0 bridgehead atoms. The van der Waals surface area contributed by atoms with Gasteiger partial charge in [0.05, 0.1) is 19.3 Å². The first-order valence-electron chi connectivity index (χ1n) is 9.29. The maximum Gasteiger partial charge on any atom is 0.255 e. The number of methoxy groups -OCH3 is 1. The molecule has 2 amide bonds. The van der Waals surface area contributed by atoms with Crippen LogP contribution in [0.2, 0.25) is 0 Å². The SMILES string of the molecule is CCOc1cc(C(CN2C(=O)c3[c]cccc3C2C(N)=O)S(C)(=O)=O)ccc1OC. The minimum Gasteiger partial charge on any atom is -0.493 e. The molecule has 1 radical (unpaired) electrons. The standard InChI is InChI=1S/C21H23N2O6S/c1-4-29-17-11-13(9-10-16(17)28-2)18(30(3,26)27)12-23-19(20(22)24)14-7-5-6-8-15(14)21(23)25/h5-7,9-11,18-19H,4,12H2,1-3H3,(H2,22,24). The monoisotopic (exact) mass is 431 g/mol. The number of rotatable bonds is 8. The third kappa shape index (κ3) is 3.97. The van der Waals surface area contributed by atoms with Crippen LogP contribution < -0.4 is 15.2 Å². The van der Waals surface area contributed by atoms with E-state index in [9.17, 15) is 18.0 Å². The van der Waals surface area contributed by atoms with Crippen LogP contribution in [0.4, 0.5) is 0 Å². The van der Waals surface area contributed by atoms with E-state index in [1.165, 1.54) is 12.0 Å². The molecule has 2 aromatic carbocycles. The minimum absolute atomic E-state index is 0.221. The Bertz CT molecular complexity index is 1080. The van der Waals surface area contributed by atoms with Gasteiger partial charge in [0.1, 0.15) is 11.3 Å². The van der Waals surface area contributed by atoms with Crippen LogP contribution in [0.15, 0.2) is 36.4 Å². The molecule has 1 aliphatic rings. The van der Waals surface area contributed by atoms with Gasteiger partial charge in [-0.1, -0.05) is 24.3 Å². The van der Waals surface area contributed by atoms with Crippen LogP contribution in [0.25, 0.3) is 0 Å². The summed E-state index contributed by atoms with van der Waals surface area (Å²) in [7, 11) is -2.18. The van der Waals surface area contributed by atoms with E-state index in [0.717, 1.165) is 6.26 Å². The summed E-state index contributed by atoms with van der Waals surface area (Å²) in [4.78, 5) is 26.3. The van der Waals surface area contributed by atoms with Gasteiger partial charge in [-0.25, -0.2) is 8.42 Å². The van der Waals surface area contributed by atoms with E-state index in [1.807, 2.05) is 0 Å². The fourth-order valence-electron chi connectivity index (χ4n) is 3.62. The first-order valence-corrected chi connectivity index (χ1v) is 11.2. The van der Waals surface area contributed by atoms with Crippen LogP contribution >= 0.6 is 0 Å². The van der Waals surface area contributed by atoms with E-state index < -0.39 is 32.9 Å². The highest BCUT2D eigenvalue weighted by molar-refractivity contribution is 7.91. The summed E-state index contributed by atoms with van der Waals surface area (Å²) in [5, 5.41) is -1.09. The highest BCUT2D eigenvalue weighted by Gasteiger charge is 2.42. The number of nitrogens with zero attached hydrogens (tertiary/aromatic N) is 1. The predicted octanol–water partition coefficient (Wildman–Crippen LogP) is 1.66. The predicted molar refractivity (Wildman–Crippen MR) is 110 cm³/mol. The number of carbonyl (C=O) groups is 2. The Morgan fingerprint density at radius 2 is 2.03 bits per heavy atom. The van der Waals surface area contributed by atoms with Gasteiger partial charge in [0, 0.05) is 12.8 Å². The highest BCUT2D eigenvalue weighted by Crippen LogP contribution is 2.38. The van der Waals surface area contributed by atoms with Gasteiger partial charge in [0.15, 0.2) is 21.3 Å².